The maximum atomic E-state index is 4.64. The zero-order chi connectivity index (χ0) is 14.1. The molecule has 0 bridgehead atoms. The lowest BCUT2D eigenvalue weighted by Crippen LogP contribution is -2.05. The highest BCUT2D eigenvalue weighted by Crippen LogP contribution is 2.37. The fourth-order valence-corrected chi connectivity index (χ4v) is 3.49. The van der Waals surface area contributed by atoms with Crippen LogP contribution in [0.1, 0.15) is 43.7 Å². The Morgan fingerprint density at radius 2 is 1.76 bits per heavy atom. The third kappa shape index (κ3) is 2.23. The molecule has 0 atom stereocenters. The number of nitrogens with zero attached hydrogens (tertiary/aromatic N) is 2. The summed E-state index contributed by atoms with van der Waals surface area (Å²) in [5, 5.41) is 9.04. The number of pyridine rings is 1. The summed E-state index contributed by atoms with van der Waals surface area (Å²) >= 11 is 0. The molecule has 1 aromatic carbocycles. The molecule has 0 spiro atoms. The molecule has 1 aliphatic rings. The van der Waals surface area contributed by atoms with Crippen molar-refractivity contribution in [2.24, 2.45) is 0 Å². The molecule has 3 aromatic rings. The van der Waals surface area contributed by atoms with Crippen molar-refractivity contribution in [1.82, 2.24) is 15.2 Å². The van der Waals surface area contributed by atoms with Crippen molar-refractivity contribution in [3.05, 3.63) is 48.3 Å². The van der Waals surface area contributed by atoms with Crippen LogP contribution < -0.4 is 0 Å². The predicted octanol–water partition coefficient (Wildman–Crippen LogP) is 4.67. The van der Waals surface area contributed by atoms with E-state index >= 15 is 0 Å². The third-order valence-electron chi connectivity index (χ3n) is 4.56. The molecule has 2 heterocycles. The maximum Gasteiger partial charge on any atom is 0.0961 e. The van der Waals surface area contributed by atoms with Crippen molar-refractivity contribution in [2.75, 3.05) is 0 Å². The fraction of sp³-hybridized carbons (Fsp3) is 0.333. The lowest BCUT2D eigenvalue weighted by atomic mass is 9.85. The van der Waals surface area contributed by atoms with E-state index in [1.54, 1.807) is 0 Å². The molecule has 0 unspecified atom stereocenters. The molecule has 1 N–H and O–H groups in total. The molecule has 0 saturated heterocycles. The summed E-state index contributed by atoms with van der Waals surface area (Å²) in [5.74, 6) is 0.607. The predicted molar refractivity (Wildman–Crippen MR) is 85.2 cm³/mol. The summed E-state index contributed by atoms with van der Waals surface area (Å²) in [6, 6.07) is 12.4. The largest absolute Gasteiger partial charge is 0.281 e. The summed E-state index contributed by atoms with van der Waals surface area (Å²) < 4.78 is 0. The van der Waals surface area contributed by atoms with Crippen LogP contribution in [0.5, 0.6) is 0 Å². The molecule has 3 heteroatoms. The van der Waals surface area contributed by atoms with Gasteiger partial charge in [-0.1, -0.05) is 49.6 Å². The number of benzene rings is 1. The van der Waals surface area contributed by atoms with Gasteiger partial charge in [0.25, 0.3) is 0 Å². The average Bonchev–Trinajstić information content (AvgIpc) is 3.00. The third-order valence-corrected chi connectivity index (χ3v) is 4.56. The van der Waals surface area contributed by atoms with Crippen LogP contribution in [0.15, 0.2) is 42.6 Å². The molecule has 0 amide bonds. The Labute approximate surface area is 124 Å². The van der Waals surface area contributed by atoms with Crippen molar-refractivity contribution in [1.29, 1.82) is 0 Å². The van der Waals surface area contributed by atoms with E-state index in [1.165, 1.54) is 48.7 Å². The van der Waals surface area contributed by atoms with E-state index in [4.69, 9.17) is 0 Å². The van der Waals surface area contributed by atoms with Crippen molar-refractivity contribution < 1.29 is 0 Å². The van der Waals surface area contributed by atoms with Crippen molar-refractivity contribution in [3.63, 3.8) is 0 Å². The minimum atomic E-state index is 0.607. The molecule has 0 radical (unpaired) electrons. The average molecular weight is 277 g/mol. The van der Waals surface area contributed by atoms with Gasteiger partial charge in [0.1, 0.15) is 0 Å². The van der Waals surface area contributed by atoms with E-state index in [2.05, 4.69) is 39.4 Å². The highest BCUT2D eigenvalue weighted by atomic mass is 15.1. The van der Waals surface area contributed by atoms with Gasteiger partial charge in [-0.05, 0) is 18.9 Å². The molecular weight excluding hydrogens is 258 g/mol. The number of H-pyrrole nitrogens is 1. The minimum absolute atomic E-state index is 0.607. The Morgan fingerprint density at radius 1 is 0.952 bits per heavy atom. The first kappa shape index (κ1) is 12.6. The van der Waals surface area contributed by atoms with E-state index in [0.29, 0.717) is 5.92 Å². The molecule has 1 saturated carbocycles. The number of hydrogen-bond acceptors (Lipinski definition) is 2. The van der Waals surface area contributed by atoms with Crippen LogP contribution >= 0.6 is 0 Å². The van der Waals surface area contributed by atoms with E-state index in [9.17, 15) is 0 Å². The molecular formula is C18H19N3. The first-order valence-corrected chi connectivity index (χ1v) is 7.82. The molecule has 1 fully saturated rings. The Kier molecular flexibility index (Phi) is 3.18. The molecule has 2 aromatic heterocycles. The second-order valence-electron chi connectivity index (χ2n) is 5.89. The quantitative estimate of drug-likeness (QED) is 0.739. The number of aromatic amines is 1. The number of nitrogens with one attached hydrogen (secondary N) is 1. The Bertz CT molecular complexity index is 740. The van der Waals surface area contributed by atoms with Crippen molar-refractivity contribution >= 4 is 10.9 Å². The molecule has 0 aliphatic heterocycles. The Balaban J connectivity index is 1.89. The van der Waals surface area contributed by atoms with Gasteiger partial charge in [-0.15, -0.1) is 0 Å². The van der Waals surface area contributed by atoms with Gasteiger partial charge < -0.3 is 0 Å². The normalized spacial score (nSPS) is 16.4. The van der Waals surface area contributed by atoms with Crippen LogP contribution in [0.2, 0.25) is 0 Å². The van der Waals surface area contributed by atoms with Crippen LogP contribution in [0.4, 0.5) is 0 Å². The van der Waals surface area contributed by atoms with Gasteiger partial charge in [-0.3, -0.25) is 10.1 Å². The first-order valence-electron chi connectivity index (χ1n) is 7.82. The smallest absolute Gasteiger partial charge is 0.0961 e. The minimum Gasteiger partial charge on any atom is -0.281 e. The van der Waals surface area contributed by atoms with Crippen LogP contribution in [0.3, 0.4) is 0 Å². The zero-order valence-electron chi connectivity index (χ0n) is 12.0. The lowest BCUT2D eigenvalue weighted by molar-refractivity contribution is 0.438. The van der Waals surface area contributed by atoms with E-state index < -0.39 is 0 Å². The number of rotatable bonds is 2. The molecule has 106 valence electrons. The second kappa shape index (κ2) is 5.32. The summed E-state index contributed by atoms with van der Waals surface area (Å²) in [4.78, 5) is 4.64. The standard InChI is InChI=1S/C18H19N3/c1-3-7-13(8-4-1)17-16-15(11-12-19-17)20-21-18(16)14-9-5-2-6-10-14/h1,3-4,7-8,11-12,14H,2,5-6,9-10H2,(H,20,21). The number of hydrogen-bond donors (Lipinski definition) is 1. The Morgan fingerprint density at radius 3 is 2.57 bits per heavy atom. The molecule has 1 aliphatic carbocycles. The van der Waals surface area contributed by atoms with Gasteiger partial charge >= 0.3 is 0 Å². The van der Waals surface area contributed by atoms with Crippen LogP contribution in [0, 0.1) is 0 Å². The van der Waals surface area contributed by atoms with Crippen molar-refractivity contribution in [3.8, 4) is 11.3 Å². The van der Waals surface area contributed by atoms with E-state index in [0.717, 1.165) is 11.2 Å². The van der Waals surface area contributed by atoms with Gasteiger partial charge in [0, 0.05) is 28.8 Å². The number of aromatic nitrogens is 3. The summed E-state index contributed by atoms with van der Waals surface area (Å²) in [5.41, 5.74) is 4.55. The molecule has 4 rings (SSSR count). The van der Waals surface area contributed by atoms with Gasteiger partial charge in [-0.2, -0.15) is 5.10 Å². The first-order chi connectivity index (χ1) is 10.4. The van der Waals surface area contributed by atoms with Gasteiger partial charge in [-0.25, -0.2) is 0 Å². The fourth-order valence-electron chi connectivity index (χ4n) is 3.49. The molecule has 21 heavy (non-hydrogen) atoms. The lowest BCUT2D eigenvalue weighted by Gasteiger charge is -2.21. The highest BCUT2D eigenvalue weighted by molar-refractivity contribution is 5.94. The van der Waals surface area contributed by atoms with Gasteiger partial charge in [0.15, 0.2) is 0 Å². The van der Waals surface area contributed by atoms with Gasteiger partial charge in [0.2, 0.25) is 0 Å². The zero-order valence-corrected chi connectivity index (χ0v) is 12.0. The molecule has 3 nitrogen and oxygen atoms in total. The Hall–Kier alpha value is -2.16. The highest BCUT2D eigenvalue weighted by Gasteiger charge is 2.22. The summed E-state index contributed by atoms with van der Waals surface area (Å²) in [6.07, 6.45) is 8.40. The maximum absolute atomic E-state index is 4.64. The van der Waals surface area contributed by atoms with E-state index in [-0.39, 0.29) is 0 Å². The van der Waals surface area contributed by atoms with Crippen LogP contribution in [0.25, 0.3) is 22.2 Å². The second-order valence-corrected chi connectivity index (χ2v) is 5.89. The summed E-state index contributed by atoms with van der Waals surface area (Å²) in [7, 11) is 0. The number of fused-ring (bicyclic) bond motifs is 1. The monoisotopic (exact) mass is 277 g/mol. The SMILES string of the molecule is c1ccc(-c2nccc3n[nH]c(C4CCCCC4)c23)cc1. The van der Waals surface area contributed by atoms with E-state index in [1.807, 2.05) is 18.3 Å². The topological polar surface area (TPSA) is 41.6 Å². The summed E-state index contributed by atoms with van der Waals surface area (Å²) in [6.45, 7) is 0. The van der Waals surface area contributed by atoms with Crippen LogP contribution in [-0.4, -0.2) is 15.2 Å². The van der Waals surface area contributed by atoms with Crippen molar-refractivity contribution in [2.45, 2.75) is 38.0 Å². The van der Waals surface area contributed by atoms with Crippen LogP contribution in [-0.2, 0) is 0 Å². The van der Waals surface area contributed by atoms with Gasteiger partial charge in [0.05, 0.1) is 11.2 Å².